The monoisotopic (exact) mass is 495 g/mol. The molecule has 3 rings (SSSR count). The molecule has 0 aliphatic heterocycles. The topological polar surface area (TPSA) is 37.6 Å². The predicted molar refractivity (Wildman–Crippen MR) is 132 cm³/mol. The Bertz CT molecular complexity index is 976. The standard InChI is InChI=1S/C25H27N3.2ClH.Fe/c1-18(2)23-14-9-15-24(19(3)4)25(23)27-17-22-13-8-12-21(28-22)16-26-20-10-6-5-7-11-20;;;/h5-19H,1-4H3;2*1H;/q;;;+2/p-2. The number of nitrogens with zero attached hydrogens (tertiary/aromatic N) is 3. The van der Waals surface area contributed by atoms with E-state index in [1.807, 2.05) is 54.7 Å². The maximum absolute atomic E-state index is 4.85. The molecule has 0 saturated carbocycles. The van der Waals surface area contributed by atoms with Gasteiger partial charge in [-0.3, -0.25) is 9.98 Å². The van der Waals surface area contributed by atoms with Gasteiger partial charge in [0.2, 0.25) is 0 Å². The van der Waals surface area contributed by atoms with Crippen molar-refractivity contribution in [1.29, 1.82) is 0 Å². The van der Waals surface area contributed by atoms with Crippen LogP contribution in [0.1, 0.15) is 62.0 Å². The molecule has 0 saturated heterocycles. The van der Waals surface area contributed by atoms with Crippen LogP contribution in [0.3, 0.4) is 0 Å². The first-order chi connectivity index (χ1) is 15.0. The van der Waals surface area contributed by atoms with E-state index in [-0.39, 0.29) is 13.1 Å². The van der Waals surface area contributed by atoms with Gasteiger partial charge in [0.25, 0.3) is 0 Å². The molecule has 1 heterocycles. The number of halogens is 2. The van der Waals surface area contributed by atoms with Crippen molar-refractivity contribution in [3.8, 4) is 0 Å². The van der Waals surface area contributed by atoms with Crippen LogP contribution in [0.5, 0.6) is 0 Å². The molecule has 2 aromatic carbocycles. The molecular weight excluding hydrogens is 469 g/mol. The van der Waals surface area contributed by atoms with Crippen LogP contribution in [0, 0.1) is 0 Å². The van der Waals surface area contributed by atoms with E-state index in [1.54, 1.807) is 6.21 Å². The van der Waals surface area contributed by atoms with E-state index in [4.69, 9.17) is 25.2 Å². The van der Waals surface area contributed by atoms with Crippen molar-refractivity contribution in [2.24, 2.45) is 9.98 Å². The number of hydrogen-bond donors (Lipinski definition) is 0. The zero-order valence-corrected chi connectivity index (χ0v) is 20.7. The Hall–Kier alpha value is -1.97. The normalized spacial score (nSPS) is 11.5. The van der Waals surface area contributed by atoms with Crippen molar-refractivity contribution in [2.75, 3.05) is 0 Å². The molecule has 0 spiro atoms. The Kier molecular flexibility index (Phi) is 11.0. The van der Waals surface area contributed by atoms with Gasteiger partial charge in [0, 0.05) is 0 Å². The first-order valence-electron chi connectivity index (χ1n) is 10.0. The average molecular weight is 496 g/mol. The molecule has 3 nitrogen and oxygen atoms in total. The van der Waals surface area contributed by atoms with Crippen molar-refractivity contribution in [1.82, 2.24) is 4.98 Å². The van der Waals surface area contributed by atoms with E-state index in [1.165, 1.54) is 11.1 Å². The van der Waals surface area contributed by atoms with Crippen LogP contribution in [0.4, 0.5) is 11.4 Å². The Morgan fingerprint density at radius 3 is 1.71 bits per heavy atom. The molecule has 0 radical (unpaired) electrons. The quantitative estimate of drug-likeness (QED) is 0.250. The number of para-hydroxylation sites is 2. The second-order valence-corrected chi connectivity index (χ2v) is 9.31. The van der Waals surface area contributed by atoms with E-state index >= 15 is 0 Å². The SMILES string of the molecule is CC(C)c1cccc(C(C)C)c1N=Cc1cccc(C=Nc2ccccc2)n1.[Cl][Fe][Cl]. The fourth-order valence-corrected chi connectivity index (χ4v) is 3.06. The molecule has 31 heavy (non-hydrogen) atoms. The molecule has 0 aliphatic rings. The van der Waals surface area contributed by atoms with Crippen molar-refractivity contribution >= 4 is 44.0 Å². The molecule has 164 valence electrons. The van der Waals surface area contributed by atoms with Gasteiger partial charge < -0.3 is 0 Å². The summed E-state index contributed by atoms with van der Waals surface area (Å²) in [5.74, 6) is 0.839. The Morgan fingerprint density at radius 1 is 0.710 bits per heavy atom. The van der Waals surface area contributed by atoms with Gasteiger partial charge >= 0.3 is 33.3 Å². The number of benzene rings is 2. The molecule has 0 aliphatic carbocycles. The van der Waals surface area contributed by atoms with Crippen LogP contribution in [0.2, 0.25) is 0 Å². The summed E-state index contributed by atoms with van der Waals surface area (Å²) in [5, 5.41) is 0. The fraction of sp³-hybridized carbons (Fsp3) is 0.240. The summed E-state index contributed by atoms with van der Waals surface area (Å²) in [7, 11) is 9.53. The third kappa shape index (κ3) is 8.23. The van der Waals surface area contributed by atoms with E-state index in [0.29, 0.717) is 11.8 Å². The second-order valence-electron chi connectivity index (χ2n) is 7.48. The minimum atomic E-state index is 0.194. The maximum atomic E-state index is 4.85. The van der Waals surface area contributed by atoms with Crippen LogP contribution >= 0.6 is 20.2 Å². The molecule has 1 aromatic heterocycles. The first-order valence-corrected chi connectivity index (χ1v) is 13.1. The van der Waals surface area contributed by atoms with Gasteiger partial charge in [-0.15, -0.1) is 0 Å². The molecule has 0 amide bonds. The van der Waals surface area contributed by atoms with E-state index in [9.17, 15) is 0 Å². The molecule has 0 bridgehead atoms. The van der Waals surface area contributed by atoms with Gasteiger partial charge in [-0.2, -0.15) is 0 Å². The summed E-state index contributed by atoms with van der Waals surface area (Å²) >= 11 is 0.194. The van der Waals surface area contributed by atoms with Gasteiger partial charge in [-0.05, 0) is 47.2 Å². The van der Waals surface area contributed by atoms with Crippen LogP contribution < -0.4 is 0 Å². The third-order valence-electron chi connectivity index (χ3n) is 4.56. The molecule has 0 N–H and O–H groups in total. The van der Waals surface area contributed by atoms with E-state index in [0.717, 1.165) is 22.8 Å². The summed E-state index contributed by atoms with van der Waals surface area (Å²) in [6.07, 6.45) is 3.64. The fourth-order valence-electron chi connectivity index (χ4n) is 3.06. The van der Waals surface area contributed by atoms with Crippen LogP contribution in [0.25, 0.3) is 0 Å². The van der Waals surface area contributed by atoms with Crippen molar-refractivity contribution < 1.29 is 13.1 Å². The summed E-state index contributed by atoms with van der Waals surface area (Å²) in [6.45, 7) is 8.82. The van der Waals surface area contributed by atoms with Gasteiger partial charge in [-0.25, -0.2) is 4.98 Å². The van der Waals surface area contributed by atoms with Crippen LogP contribution in [-0.4, -0.2) is 17.4 Å². The molecular formula is C25H27Cl2FeN3. The number of aromatic nitrogens is 1. The first kappa shape index (κ1) is 25.3. The molecule has 3 aromatic rings. The summed E-state index contributed by atoms with van der Waals surface area (Å²) in [4.78, 5) is 14.0. The summed E-state index contributed by atoms with van der Waals surface area (Å²) in [5.41, 5.74) is 6.15. The van der Waals surface area contributed by atoms with Gasteiger partial charge in [-0.1, -0.05) is 70.2 Å². The van der Waals surface area contributed by atoms with Crippen molar-refractivity contribution in [3.63, 3.8) is 0 Å². The zero-order valence-electron chi connectivity index (χ0n) is 18.1. The zero-order chi connectivity index (χ0) is 22.6. The molecule has 0 fully saturated rings. The third-order valence-corrected chi connectivity index (χ3v) is 4.56. The van der Waals surface area contributed by atoms with Crippen LogP contribution in [0.15, 0.2) is 76.7 Å². The average Bonchev–Trinajstić information content (AvgIpc) is 2.77. The number of pyridine rings is 1. The molecule has 6 heteroatoms. The van der Waals surface area contributed by atoms with E-state index < -0.39 is 0 Å². The van der Waals surface area contributed by atoms with Gasteiger partial charge in [0.05, 0.1) is 35.2 Å². The molecule has 0 atom stereocenters. The molecule has 0 unspecified atom stereocenters. The Labute approximate surface area is 200 Å². The Morgan fingerprint density at radius 2 is 1.19 bits per heavy atom. The van der Waals surface area contributed by atoms with Crippen molar-refractivity contribution in [3.05, 3.63) is 89.2 Å². The number of rotatable bonds is 6. The Balaban J connectivity index is 0.00000107. The second kappa shape index (κ2) is 13.4. The summed E-state index contributed by atoms with van der Waals surface area (Å²) in [6, 6.07) is 22.2. The summed E-state index contributed by atoms with van der Waals surface area (Å²) < 4.78 is 0. The minimum absolute atomic E-state index is 0.194. The van der Waals surface area contributed by atoms with Crippen LogP contribution in [-0.2, 0) is 13.1 Å². The number of aliphatic imine (C=N–C) groups is 2. The van der Waals surface area contributed by atoms with Crippen molar-refractivity contribution in [2.45, 2.75) is 39.5 Å². The van der Waals surface area contributed by atoms with E-state index in [2.05, 4.69) is 55.9 Å². The van der Waals surface area contributed by atoms with Gasteiger partial charge in [0.15, 0.2) is 0 Å². The predicted octanol–water partition coefficient (Wildman–Crippen LogP) is 8.21. The number of hydrogen-bond acceptors (Lipinski definition) is 3. The van der Waals surface area contributed by atoms with Gasteiger partial charge in [0.1, 0.15) is 0 Å².